The number of nitrogens with zero attached hydrogens (tertiary/aromatic N) is 2. The summed E-state index contributed by atoms with van der Waals surface area (Å²) in [7, 11) is 1.55. The number of nitrogens with one attached hydrogen (secondary N) is 1. The zero-order chi connectivity index (χ0) is 16.9. The number of rotatable bonds is 6. The van der Waals surface area contributed by atoms with E-state index in [1.807, 2.05) is 0 Å². The molecule has 0 amide bonds. The van der Waals surface area contributed by atoms with E-state index in [0.29, 0.717) is 11.4 Å². The van der Waals surface area contributed by atoms with E-state index in [9.17, 15) is 13.2 Å². The van der Waals surface area contributed by atoms with Crippen molar-refractivity contribution in [1.82, 2.24) is 9.97 Å². The molecule has 0 saturated heterocycles. The lowest BCUT2D eigenvalue weighted by Crippen LogP contribution is -2.30. The van der Waals surface area contributed by atoms with Crippen LogP contribution in [0.2, 0.25) is 0 Å². The minimum atomic E-state index is -4.38. The Morgan fingerprint density at radius 1 is 1.22 bits per heavy atom. The number of hydrogen-bond acceptors (Lipinski definition) is 5. The first-order valence-corrected chi connectivity index (χ1v) is 6.83. The molecule has 0 saturated carbocycles. The van der Waals surface area contributed by atoms with Crippen molar-refractivity contribution >= 4 is 5.95 Å². The molecular weight excluding hydrogens is 311 g/mol. The van der Waals surface area contributed by atoms with Gasteiger partial charge in [-0.15, -0.1) is 0 Å². The molecule has 0 spiro atoms. The van der Waals surface area contributed by atoms with E-state index in [-0.39, 0.29) is 5.95 Å². The van der Waals surface area contributed by atoms with Gasteiger partial charge in [0, 0.05) is 11.8 Å². The molecule has 1 unspecified atom stereocenters. The molecule has 1 atom stereocenters. The number of anilines is 1. The Morgan fingerprint density at radius 2 is 1.91 bits per heavy atom. The van der Waals surface area contributed by atoms with Gasteiger partial charge in [-0.05, 0) is 30.3 Å². The summed E-state index contributed by atoms with van der Waals surface area (Å²) >= 11 is 0. The minimum absolute atomic E-state index is 0.0293. The van der Waals surface area contributed by atoms with Gasteiger partial charge in [0.2, 0.25) is 5.95 Å². The van der Waals surface area contributed by atoms with E-state index in [1.165, 1.54) is 6.20 Å². The van der Waals surface area contributed by atoms with Gasteiger partial charge in [0.05, 0.1) is 31.9 Å². The Labute approximate surface area is 131 Å². The van der Waals surface area contributed by atoms with Gasteiger partial charge in [0.15, 0.2) is 0 Å². The molecule has 0 aliphatic heterocycles. The number of alkyl halides is 3. The normalized spacial score (nSPS) is 12.7. The van der Waals surface area contributed by atoms with Crippen molar-refractivity contribution in [2.75, 3.05) is 19.0 Å². The van der Waals surface area contributed by atoms with Gasteiger partial charge in [0.25, 0.3) is 0 Å². The zero-order valence-electron chi connectivity index (χ0n) is 12.3. The fourth-order valence-electron chi connectivity index (χ4n) is 1.97. The minimum Gasteiger partial charge on any atom is -0.497 e. The van der Waals surface area contributed by atoms with Crippen molar-refractivity contribution in [3.05, 3.63) is 36.5 Å². The highest BCUT2D eigenvalue weighted by molar-refractivity contribution is 5.60. The summed E-state index contributed by atoms with van der Waals surface area (Å²) in [4.78, 5) is 8.07. The molecule has 2 aromatic rings. The lowest BCUT2D eigenvalue weighted by atomic mass is 10.1. The molecular formula is C15H16F3N3O2. The maximum absolute atomic E-state index is 12.4. The van der Waals surface area contributed by atoms with Gasteiger partial charge in [0.1, 0.15) is 5.75 Å². The topological polar surface area (TPSA) is 67.3 Å². The number of halogens is 3. The van der Waals surface area contributed by atoms with Gasteiger partial charge in [-0.2, -0.15) is 13.2 Å². The molecule has 2 N–H and O–H groups in total. The Bertz CT molecular complexity index is 633. The monoisotopic (exact) mass is 327 g/mol. The summed E-state index contributed by atoms with van der Waals surface area (Å²) in [6.45, 7) is -0.671. The third-order valence-corrected chi connectivity index (χ3v) is 3.07. The fraction of sp³-hybridized carbons (Fsp3) is 0.333. The first-order valence-electron chi connectivity index (χ1n) is 6.83. The maximum Gasteiger partial charge on any atom is 0.391 e. The molecule has 1 heterocycles. The standard InChI is InChI=1S/C15H16F3N3O2/c1-23-12-4-2-10(3-5-12)13-6-7-19-14(21-13)20-11(9-22)8-15(16,17)18/h2-7,11,22H,8-9H2,1H3,(H,19,20,21). The van der Waals surface area contributed by atoms with Gasteiger partial charge >= 0.3 is 6.18 Å². The molecule has 0 bridgehead atoms. The Hall–Kier alpha value is -2.35. The Kier molecular flexibility index (Phi) is 5.38. The van der Waals surface area contributed by atoms with Crippen LogP contribution in [0.25, 0.3) is 11.3 Å². The highest BCUT2D eigenvalue weighted by atomic mass is 19.4. The van der Waals surface area contributed by atoms with Crippen LogP contribution in [-0.2, 0) is 0 Å². The third-order valence-electron chi connectivity index (χ3n) is 3.07. The van der Waals surface area contributed by atoms with Crippen molar-refractivity contribution in [2.24, 2.45) is 0 Å². The van der Waals surface area contributed by atoms with Crippen LogP contribution >= 0.6 is 0 Å². The Morgan fingerprint density at radius 3 is 2.48 bits per heavy atom. The highest BCUT2D eigenvalue weighted by Crippen LogP contribution is 2.24. The number of aliphatic hydroxyl groups excluding tert-OH is 1. The summed E-state index contributed by atoms with van der Waals surface area (Å²) in [5.41, 5.74) is 1.32. The highest BCUT2D eigenvalue weighted by Gasteiger charge is 2.31. The second-order valence-corrected chi connectivity index (χ2v) is 4.84. The van der Waals surface area contributed by atoms with E-state index in [4.69, 9.17) is 9.84 Å². The van der Waals surface area contributed by atoms with Gasteiger partial charge in [-0.25, -0.2) is 9.97 Å². The molecule has 0 radical (unpaired) electrons. The zero-order valence-corrected chi connectivity index (χ0v) is 12.3. The van der Waals surface area contributed by atoms with Gasteiger partial charge in [-0.1, -0.05) is 0 Å². The summed E-state index contributed by atoms with van der Waals surface area (Å²) in [5.74, 6) is 0.716. The van der Waals surface area contributed by atoms with Crippen LogP contribution in [0.3, 0.4) is 0 Å². The molecule has 0 aliphatic rings. The van der Waals surface area contributed by atoms with Crippen molar-refractivity contribution in [3.8, 4) is 17.0 Å². The van der Waals surface area contributed by atoms with E-state index in [1.54, 1.807) is 37.4 Å². The summed E-state index contributed by atoms with van der Waals surface area (Å²) in [6, 6.07) is 7.52. The van der Waals surface area contributed by atoms with Crippen molar-refractivity contribution in [3.63, 3.8) is 0 Å². The first kappa shape index (κ1) is 17.0. The second-order valence-electron chi connectivity index (χ2n) is 4.84. The molecule has 0 fully saturated rings. The van der Waals surface area contributed by atoms with Gasteiger partial charge < -0.3 is 15.2 Å². The third kappa shape index (κ3) is 5.10. The number of ether oxygens (including phenoxy) is 1. The molecule has 124 valence electrons. The van der Waals surface area contributed by atoms with Crippen LogP contribution in [0.4, 0.5) is 19.1 Å². The van der Waals surface area contributed by atoms with Crippen molar-refractivity contribution in [2.45, 2.75) is 18.6 Å². The number of hydrogen-bond donors (Lipinski definition) is 2. The SMILES string of the molecule is COc1ccc(-c2ccnc(NC(CO)CC(F)(F)F)n2)cc1. The van der Waals surface area contributed by atoms with Crippen LogP contribution in [-0.4, -0.2) is 41.0 Å². The molecule has 1 aromatic heterocycles. The molecule has 23 heavy (non-hydrogen) atoms. The van der Waals surface area contributed by atoms with Crippen LogP contribution in [0.1, 0.15) is 6.42 Å². The fourth-order valence-corrected chi connectivity index (χ4v) is 1.97. The van der Waals surface area contributed by atoms with Crippen molar-refractivity contribution in [1.29, 1.82) is 0 Å². The van der Waals surface area contributed by atoms with Gasteiger partial charge in [-0.3, -0.25) is 0 Å². The maximum atomic E-state index is 12.4. The van der Waals surface area contributed by atoms with Crippen LogP contribution in [0.15, 0.2) is 36.5 Å². The number of benzene rings is 1. The summed E-state index contributed by atoms with van der Waals surface area (Å²) in [6.07, 6.45) is -4.11. The van der Waals surface area contributed by atoms with E-state index < -0.39 is 25.2 Å². The predicted molar refractivity (Wildman–Crippen MR) is 79.2 cm³/mol. The first-order chi connectivity index (χ1) is 10.9. The van der Waals surface area contributed by atoms with E-state index >= 15 is 0 Å². The lowest BCUT2D eigenvalue weighted by Gasteiger charge is -2.18. The lowest BCUT2D eigenvalue weighted by molar-refractivity contribution is -0.138. The van der Waals surface area contributed by atoms with E-state index in [2.05, 4.69) is 15.3 Å². The van der Waals surface area contributed by atoms with Crippen LogP contribution < -0.4 is 10.1 Å². The number of aromatic nitrogens is 2. The van der Waals surface area contributed by atoms with Crippen molar-refractivity contribution < 1.29 is 23.0 Å². The quantitative estimate of drug-likeness (QED) is 0.854. The number of aliphatic hydroxyl groups is 1. The Balaban J connectivity index is 2.15. The summed E-state index contributed by atoms with van der Waals surface area (Å²) in [5, 5.41) is 11.6. The predicted octanol–water partition coefficient (Wildman–Crippen LogP) is 2.88. The second kappa shape index (κ2) is 7.28. The smallest absolute Gasteiger partial charge is 0.391 e. The molecule has 2 rings (SSSR count). The average molecular weight is 327 g/mol. The van der Waals surface area contributed by atoms with Crippen LogP contribution in [0.5, 0.6) is 5.75 Å². The van der Waals surface area contributed by atoms with E-state index in [0.717, 1.165) is 5.56 Å². The largest absolute Gasteiger partial charge is 0.497 e. The van der Waals surface area contributed by atoms with Crippen LogP contribution in [0, 0.1) is 0 Å². The molecule has 5 nitrogen and oxygen atoms in total. The molecule has 1 aromatic carbocycles. The molecule has 8 heteroatoms. The molecule has 0 aliphatic carbocycles. The summed E-state index contributed by atoms with van der Waals surface area (Å²) < 4.78 is 42.3. The number of methoxy groups -OCH3 is 1. The average Bonchev–Trinajstić information content (AvgIpc) is 2.53.